The zero-order valence-corrected chi connectivity index (χ0v) is 14.1. The van der Waals surface area contributed by atoms with Crippen LogP contribution in [0, 0.1) is 6.92 Å². The number of aromatic nitrogens is 2. The molecule has 1 aromatic carbocycles. The van der Waals surface area contributed by atoms with Crippen LogP contribution in [-0.2, 0) is 6.54 Å². The van der Waals surface area contributed by atoms with Gasteiger partial charge in [-0.1, -0.05) is 11.6 Å². The minimum Gasteiger partial charge on any atom is -0.495 e. The van der Waals surface area contributed by atoms with Gasteiger partial charge in [-0.15, -0.1) is 0 Å². The first-order chi connectivity index (χ1) is 11.6. The summed E-state index contributed by atoms with van der Waals surface area (Å²) < 4.78 is 10.6. The topological polar surface area (TPSA) is 72.2 Å². The van der Waals surface area contributed by atoms with Crippen molar-refractivity contribution in [3.05, 3.63) is 59.3 Å². The Hall–Kier alpha value is -2.73. The van der Waals surface area contributed by atoms with Crippen LogP contribution in [0.5, 0.6) is 5.75 Å². The van der Waals surface area contributed by atoms with E-state index in [9.17, 15) is 0 Å². The van der Waals surface area contributed by atoms with E-state index in [0.717, 1.165) is 11.4 Å². The molecule has 0 radical (unpaired) electrons. The Bertz CT molecular complexity index is 821. The van der Waals surface area contributed by atoms with Gasteiger partial charge in [0.05, 0.1) is 25.6 Å². The summed E-state index contributed by atoms with van der Waals surface area (Å²) in [6.07, 6.45) is 1.64. The Kier molecular flexibility index (Phi) is 4.86. The fourth-order valence-electron chi connectivity index (χ4n) is 2.23. The Morgan fingerprint density at radius 3 is 2.75 bits per heavy atom. The van der Waals surface area contributed by atoms with E-state index in [4.69, 9.17) is 20.8 Å². The number of aryl methyl sites for hydroxylation is 1. The molecule has 2 aromatic heterocycles. The third-order valence-electron chi connectivity index (χ3n) is 3.29. The third kappa shape index (κ3) is 3.97. The van der Waals surface area contributed by atoms with E-state index < -0.39 is 0 Å². The molecule has 2 heterocycles. The smallest absolute Gasteiger partial charge is 0.142 e. The average Bonchev–Trinajstić information content (AvgIpc) is 3.06. The number of nitrogens with one attached hydrogen (secondary N) is 2. The maximum absolute atomic E-state index is 6.06. The van der Waals surface area contributed by atoms with E-state index in [2.05, 4.69) is 20.6 Å². The second kappa shape index (κ2) is 7.23. The summed E-state index contributed by atoms with van der Waals surface area (Å²) in [5, 5.41) is 7.04. The van der Waals surface area contributed by atoms with Crippen LogP contribution in [0.15, 0.2) is 47.1 Å². The fourth-order valence-corrected chi connectivity index (χ4v) is 2.40. The standard InChI is InChI=1S/C17H17ClN4O2/c1-11-20-16(19-10-13-4-3-7-24-13)9-17(21-11)22-14-8-12(18)5-6-15(14)23-2/h3-9H,10H2,1-2H3,(H2,19,20,21,22). The van der Waals surface area contributed by atoms with Crippen LogP contribution in [0.3, 0.4) is 0 Å². The quantitative estimate of drug-likeness (QED) is 0.690. The van der Waals surface area contributed by atoms with Gasteiger partial charge in [-0.3, -0.25) is 0 Å². The first kappa shape index (κ1) is 16.1. The SMILES string of the molecule is COc1ccc(Cl)cc1Nc1cc(NCc2ccco2)nc(C)n1. The molecule has 0 aliphatic heterocycles. The van der Waals surface area contributed by atoms with Crippen LogP contribution in [-0.4, -0.2) is 17.1 Å². The molecule has 0 atom stereocenters. The van der Waals surface area contributed by atoms with Crippen LogP contribution < -0.4 is 15.4 Å². The van der Waals surface area contributed by atoms with Crippen molar-refractivity contribution in [3.63, 3.8) is 0 Å². The van der Waals surface area contributed by atoms with Crippen molar-refractivity contribution in [2.75, 3.05) is 17.7 Å². The van der Waals surface area contributed by atoms with Crippen LogP contribution in [0.2, 0.25) is 5.02 Å². The summed E-state index contributed by atoms with van der Waals surface area (Å²) in [4.78, 5) is 8.77. The van der Waals surface area contributed by atoms with E-state index in [0.29, 0.717) is 34.8 Å². The van der Waals surface area contributed by atoms with Crippen molar-refractivity contribution in [2.45, 2.75) is 13.5 Å². The number of anilines is 3. The van der Waals surface area contributed by atoms with Crippen molar-refractivity contribution < 1.29 is 9.15 Å². The second-order valence-electron chi connectivity index (χ2n) is 5.09. The molecular formula is C17H17ClN4O2. The highest BCUT2D eigenvalue weighted by molar-refractivity contribution is 6.31. The van der Waals surface area contributed by atoms with E-state index in [-0.39, 0.29) is 0 Å². The van der Waals surface area contributed by atoms with Crippen molar-refractivity contribution >= 4 is 28.9 Å². The number of benzene rings is 1. The number of rotatable bonds is 6. The maximum Gasteiger partial charge on any atom is 0.142 e. The molecule has 3 aromatic rings. The van der Waals surface area contributed by atoms with E-state index in [1.165, 1.54) is 0 Å². The molecule has 124 valence electrons. The molecule has 7 heteroatoms. The zero-order chi connectivity index (χ0) is 16.9. The third-order valence-corrected chi connectivity index (χ3v) is 3.52. The fraction of sp³-hybridized carbons (Fsp3) is 0.176. The highest BCUT2D eigenvalue weighted by Gasteiger charge is 2.08. The Morgan fingerprint density at radius 1 is 1.17 bits per heavy atom. The first-order valence-corrected chi connectivity index (χ1v) is 7.74. The predicted molar refractivity (Wildman–Crippen MR) is 94.1 cm³/mol. The number of halogens is 1. The van der Waals surface area contributed by atoms with Gasteiger partial charge in [0, 0.05) is 11.1 Å². The van der Waals surface area contributed by atoms with Crippen LogP contribution in [0.1, 0.15) is 11.6 Å². The molecule has 0 unspecified atom stereocenters. The molecule has 2 N–H and O–H groups in total. The lowest BCUT2D eigenvalue weighted by molar-refractivity contribution is 0.417. The molecule has 0 amide bonds. The summed E-state index contributed by atoms with van der Waals surface area (Å²) >= 11 is 6.06. The molecule has 0 aliphatic carbocycles. The van der Waals surface area contributed by atoms with Crippen LogP contribution in [0.25, 0.3) is 0 Å². The molecule has 3 rings (SSSR count). The van der Waals surface area contributed by atoms with Crippen LogP contribution >= 0.6 is 11.6 Å². The normalized spacial score (nSPS) is 10.5. The van der Waals surface area contributed by atoms with Crippen molar-refractivity contribution in [1.82, 2.24) is 9.97 Å². The highest BCUT2D eigenvalue weighted by atomic mass is 35.5. The largest absolute Gasteiger partial charge is 0.495 e. The minimum atomic E-state index is 0.545. The summed E-state index contributed by atoms with van der Waals surface area (Å²) in [5.41, 5.74) is 0.736. The molecule has 6 nitrogen and oxygen atoms in total. The first-order valence-electron chi connectivity index (χ1n) is 7.36. The van der Waals surface area contributed by atoms with Gasteiger partial charge in [-0.05, 0) is 37.3 Å². The van der Waals surface area contributed by atoms with Crippen molar-refractivity contribution in [3.8, 4) is 5.75 Å². The maximum atomic E-state index is 6.06. The number of nitrogens with zero attached hydrogens (tertiary/aromatic N) is 2. The molecule has 24 heavy (non-hydrogen) atoms. The molecule has 0 spiro atoms. The van der Waals surface area contributed by atoms with Gasteiger partial charge in [-0.2, -0.15) is 0 Å². The van der Waals surface area contributed by atoms with E-state index in [1.807, 2.05) is 25.1 Å². The number of hydrogen-bond acceptors (Lipinski definition) is 6. The van der Waals surface area contributed by atoms with Crippen molar-refractivity contribution in [1.29, 1.82) is 0 Å². The highest BCUT2D eigenvalue weighted by Crippen LogP contribution is 2.30. The molecule has 0 saturated heterocycles. The number of furan rings is 1. The molecule has 0 bridgehead atoms. The average molecular weight is 345 g/mol. The Morgan fingerprint density at radius 2 is 2.00 bits per heavy atom. The molecular weight excluding hydrogens is 328 g/mol. The van der Waals surface area contributed by atoms with Gasteiger partial charge >= 0.3 is 0 Å². The lowest BCUT2D eigenvalue weighted by Crippen LogP contribution is -2.05. The van der Waals surface area contributed by atoms with Gasteiger partial charge in [-0.25, -0.2) is 9.97 Å². The zero-order valence-electron chi connectivity index (χ0n) is 13.3. The minimum absolute atomic E-state index is 0.545. The number of hydrogen-bond donors (Lipinski definition) is 2. The second-order valence-corrected chi connectivity index (χ2v) is 5.52. The summed E-state index contributed by atoms with van der Waals surface area (Å²) in [6, 6.07) is 10.9. The van der Waals surface area contributed by atoms with Gasteiger partial charge in [0.25, 0.3) is 0 Å². The lowest BCUT2D eigenvalue weighted by Gasteiger charge is -2.12. The summed E-state index contributed by atoms with van der Waals surface area (Å²) in [6.45, 7) is 2.38. The number of methoxy groups -OCH3 is 1. The molecule has 0 fully saturated rings. The lowest BCUT2D eigenvalue weighted by atomic mass is 10.3. The van der Waals surface area contributed by atoms with Crippen molar-refractivity contribution in [2.24, 2.45) is 0 Å². The van der Waals surface area contributed by atoms with Gasteiger partial charge < -0.3 is 19.8 Å². The van der Waals surface area contributed by atoms with Crippen LogP contribution in [0.4, 0.5) is 17.3 Å². The van der Waals surface area contributed by atoms with Gasteiger partial charge in [0.15, 0.2) is 0 Å². The predicted octanol–water partition coefficient (Wildman–Crippen LogP) is 4.40. The van der Waals surface area contributed by atoms with Gasteiger partial charge in [0.2, 0.25) is 0 Å². The summed E-state index contributed by atoms with van der Waals surface area (Å²) in [7, 11) is 1.61. The Labute approximate surface area is 144 Å². The monoisotopic (exact) mass is 344 g/mol. The Balaban J connectivity index is 1.79. The van der Waals surface area contributed by atoms with E-state index >= 15 is 0 Å². The van der Waals surface area contributed by atoms with E-state index in [1.54, 1.807) is 31.6 Å². The summed E-state index contributed by atoms with van der Waals surface area (Å²) in [5.74, 6) is 3.49. The van der Waals surface area contributed by atoms with Gasteiger partial charge in [0.1, 0.15) is 29.0 Å². The molecule has 0 saturated carbocycles. The molecule has 0 aliphatic rings. The number of ether oxygens (including phenoxy) is 1.